The van der Waals surface area contributed by atoms with Crippen LogP contribution < -0.4 is 15.2 Å². The second kappa shape index (κ2) is 3.00. The molecule has 0 saturated heterocycles. The lowest BCUT2D eigenvalue weighted by Crippen LogP contribution is -2.29. The smallest absolute Gasteiger partial charge is 0.246 e. The van der Waals surface area contributed by atoms with E-state index in [2.05, 4.69) is 0 Å². The Morgan fingerprint density at radius 3 is 2.46 bits per heavy atom. The SMILES string of the molecule is CC1(C)Oc2ccc(N)cc2O1.Cl. The summed E-state index contributed by atoms with van der Waals surface area (Å²) in [6.07, 6.45) is 0. The van der Waals surface area contributed by atoms with Crippen LogP contribution in [0.5, 0.6) is 11.5 Å². The highest BCUT2D eigenvalue weighted by Gasteiger charge is 2.31. The lowest BCUT2D eigenvalue weighted by Gasteiger charge is -2.16. The van der Waals surface area contributed by atoms with Gasteiger partial charge >= 0.3 is 0 Å². The molecular formula is C9H12ClNO2. The molecule has 3 nitrogen and oxygen atoms in total. The largest absolute Gasteiger partial charge is 0.449 e. The number of hydrogen-bond donors (Lipinski definition) is 1. The summed E-state index contributed by atoms with van der Waals surface area (Å²) < 4.78 is 10.9. The van der Waals surface area contributed by atoms with Gasteiger partial charge in [-0.15, -0.1) is 12.4 Å². The van der Waals surface area contributed by atoms with Crippen LogP contribution in [0.3, 0.4) is 0 Å². The fourth-order valence-corrected chi connectivity index (χ4v) is 1.24. The van der Waals surface area contributed by atoms with Crippen molar-refractivity contribution in [2.45, 2.75) is 19.6 Å². The number of rotatable bonds is 0. The van der Waals surface area contributed by atoms with Gasteiger partial charge in [0.1, 0.15) is 0 Å². The van der Waals surface area contributed by atoms with E-state index in [1.165, 1.54) is 0 Å². The van der Waals surface area contributed by atoms with Gasteiger partial charge in [0.2, 0.25) is 5.79 Å². The summed E-state index contributed by atoms with van der Waals surface area (Å²) in [6, 6.07) is 5.38. The molecule has 1 heterocycles. The van der Waals surface area contributed by atoms with Gasteiger partial charge in [-0.1, -0.05) is 0 Å². The van der Waals surface area contributed by atoms with E-state index in [1.54, 1.807) is 12.1 Å². The Bertz CT molecular complexity index is 325. The van der Waals surface area contributed by atoms with Crippen LogP contribution in [0.25, 0.3) is 0 Å². The molecule has 1 aromatic carbocycles. The van der Waals surface area contributed by atoms with Gasteiger partial charge in [-0.05, 0) is 12.1 Å². The maximum absolute atomic E-state index is 5.58. The van der Waals surface area contributed by atoms with E-state index in [0.717, 1.165) is 11.5 Å². The normalized spacial score (nSPS) is 16.5. The standard InChI is InChI=1S/C9H11NO2.ClH/c1-9(2)11-7-4-3-6(10)5-8(7)12-9;/h3-5H,10H2,1-2H3;1H. The highest BCUT2D eigenvalue weighted by atomic mass is 35.5. The van der Waals surface area contributed by atoms with Crippen molar-refractivity contribution < 1.29 is 9.47 Å². The minimum Gasteiger partial charge on any atom is -0.449 e. The molecule has 1 aliphatic heterocycles. The van der Waals surface area contributed by atoms with Gasteiger partial charge in [0.15, 0.2) is 11.5 Å². The van der Waals surface area contributed by atoms with Crippen LogP contribution in [0.2, 0.25) is 0 Å². The Hall–Kier alpha value is -1.09. The number of anilines is 1. The molecule has 0 aliphatic carbocycles. The van der Waals surface area contributed by atoms with E-state index in [4.69, 9.17) is 15.2 Å². The first kappa shape index (κ1) is 9.99. The van der Waals surface area contributed by atoms with Gasteiger partial charge in [0.25, 0.3) is 0 Å². The zero-order valence-corrected chi connectivity index (χ0v) is 8.35. The second-order valence-electron chi connectivity index (χ2n) is 3.31. The molecule has 0 unspecified atom stereocenters. The summed E-state index contributed by atoms with van der Waals surface area (Å²) in [5.41, 5.74) is 6.27. The van der Waals surface area contributed by atoms with E-state index in [1.807, 2.05) is 19.9 Å². The maximum Gasteiger partial charge on any atom is 0.246 e. The molecule has 0 fully saturated rings. The Morgan fingerprint density at radius 1 is 1.15 bits per heavy atom. The van der Waals surface area contributed by atoms with Gasteiger partial charge < -0.3 is 15.2 Å². The predicted molar refractivity (Wildman–Crippen MR) is 53.4 cm³/mol. The number of nitrogen functional groups attached to an aromatic ring is 1. The third-order valence-corrected chi connectivity index (χ3v) is 1.68. The second-order valence-corrected chi connectivity index (χ2v) is 3.31. The Morgan fingerprint density at radius 2 is 1.77 bits per heavy atom. The molecule has 2 rings (SSSR count). The van der Waals surface area contributed by atoms with Crippen molar-refractivity contribution in [2.24, 2.45) is 0 Å². The predicted octanol–water partition coefficient (Wildman–Crippen LogP) is 2.20. The van der Waals surface area contributed by atoms with Crippen LogP contribution in [-0.2, 0) is 0 Å². The summed E-state index contributed by atoms with van der Waals surface area (Å²) in [5, 5.41) is 0. The fourth-order valence-electron chi connectivity index (χ4n) is 1.24. The third kappa shape index (κ3) is 1.80. The third-order valence-electron chi connectivity index (χ3n) is 1.68. The molecule has 1 aliphatic rings. The molecule has 1 aromatic rings. The zero-order chi connectivity index (χ0) is 8.77. The molecule has 72 valence electrons. The summed E-state index contributed by atoms with van der Waals surface area (Å²) in [6.45, 7) is 3.73. The van der Waals surface area contributed by atoms with Crippen molar-refractivity contribution in [2.75, 3.05) is 5.73 Å². The summed E-state index contributed by atoms with van der Waals surface area (Å²) in [4.78, 5) is 0. The van der Waals surface area contributed by atoms with Crippen molar-refractivity contribution in [3.05, 3.63) is 18.2 Å². The van der Waals surface area contributed by atoms with E-state index in [9.17, 15) is 0 Å². The molecule has 13 heavy (non-hydrogen) atoms. The first-order valence-corrected chi connectivity index (χ1v) is 3.84. The molecule has 0 spiro atoms. The first-order chi connectivity index (χ1) is 5.57. The lowest BCUT2D eigenvalue weighted by atomic mass is 10.3. The van der Waals surface area contributed by atoms with Crippen LogP contribution in [0, 0.1) is 0 Å². The Kier molecular flexibility index (Phi) is 2.30. The topological polar surface area (TPSA) is 44.5 Å². The molecule has 0 atom stereocenters. The van der Waals surface area contributed by atoms with Gasteiger partial charge in [-0.2, -0.15) is 0 Å². The van der Waals surface area contributed by atoms with Gasteiger partial charge in [-0.25, -0.2) is 0 Å². The highest BCUT2D eigenvalue weighted by molar-refractivity contribution is 5.85. The van der Waals surface area contributed by atoms with Crippen LogP contribution >= 0.6 is 12.4 Å². The number of halogens is 1. The molecule has 0 saturated carbocycles. The monoisotopic (exact) mass is 201 g/mol. The number of ether oxygens (including phenoxy) is 2. The van der Waals surface area contributed by atoms with E-state index in [0.29, 0.717) is 5.69 Å². The molecule has 0 radical (unpaired) electrons. The quantitative estimate of drug-likeness (QED) is 0.655. The Labute approximate surface area is 83.2 Å². The number of nitrogens with two attached hydrogens (primary N) is 1. The van der Waals surface area contributed by atoms with Crippen molar-refractivity contribution in [1.29, 1.82) is 0 Å². The number of benzene rings is 1. The molecule has 0 aromatic heterocycles. The molecule has 4 heteroatoms. The van der Waals surface area contributed by atoms with E-state index >= 15 is 0 Å². The Balaban J connectivity index is 0.000000845. The van der Waals surface area contributed by atoms with Crippen molar-refractivity contribution in [3.63, 3.8) is 0 Å². The summed E-state index contributed by atoms with van der Waals surface area (Å²) in [5.74, 6) is 0.921. The van der Waals surface area contributed by atoms with Crippen LogP contribution in [0.15, 0.2) is 18.2 Å². The lowest BCUT2D eigenvalue weighted by molar-refractivity contribution is -0.0431. The molecule has 2 N–H and O–H groups in total. The molecule has 0 amide bonds. The summed E-state index contributed by atoms with van der Waals surface area (Å²) in [7, 11) is 0. The van der Waals surface area contributed by atoms with E-state index in [-0.39, 0.29) is 12.4 Å². The molecular weight excluding hydrogens is 190 g/mol. The summed E-state index contributed by atoms with van der Waals surface area (Å²) >= 11 is 0. The minimum atomic E-state index is -0.559. The van der Waals surface area contributed by atoms with Crippen LogP contribution in [0.4, 0.5) is 5.69 Å². The first-order valence-electron chi connectivity index (χ1n) is 3.84. The minimum absolute atomic E-state index is 0. The van der Waals surface area contributed by atoms with Crippen molar-refractivity contribution in [1.82, 2.24) is 0 Å². The van der Waals surface area contributed by atoms with Gasteiger partial charge in [0.05, 0.1) is 0 Å². The van der Waals surface area contributed by atoms with Gasteiger partial charge in [-0.3, -0.25) is 0 Å². The maximum atomic E-state index is 5.58. The van der Waals surface area contributed by atoms with Crippen LogP contribution in [0.1, 0.15) is 13.8 Å². The average molecular weight is 202 g/mol. The van der Waals surface area contributed by atoms with Crippen molar-refractivity contribution in [3.8, 4) is 11.5 Å². The fraction of sp³-hybridized carbons (Fsp3) is 0.333. The van der Waals surface area contributed by atoms with Crippen LogP contribution in [-0.4, -0.2) is 5.79 Å². The van der Waals surface area contributed by atoms with Crippen molar-refractivity contribution >= 4 is 18.1 Å². The highest BCUT2D eigenvalue weighted by Crippen LogP contribution is 2.39. The number of fused-ring (bicyclic) bond motifs is 1. The molecule has 0 bridgehead atoms. The van der Waals surface area contributed by atoms with E-state index < -0.39 is 5.79 Å². The van der Waals surface area contributed by atoms with Gasteiger partial charge in [0, 0.05) is 25.6 Å². The number of hydrogen-bond acceptors (Lipinski definition) is 3. The zero-order valence-electron chi connectivity index (χ0n) is 7.53. The average Bonchev–Trinajstić information content (AvgIpc) is 2.21.